The van der Waals surface area contributed by atoms with Gasteiger partial charge in [-0.2, -0.15) is 5.26 Å². The number of anilines is 3. The number of para-hydroxylation sites is 1. The zero-order valence-electron chi connectivity index (χ0n) is 15.0. The van der Waals surface area contributed by atoms with Gasteiger partial charge in [-0.25, -0.2) is 9.78 Å². The highest BCUT2D eigenvalue weighted by atomic mass is 16.5. The van der Waals surface area contributed by atoms with E-state index < -0.39 is 11.9 Å². The number of rotatable bonds is 5. The minimum atomic E-state index is -0.425. The summed E-state index contributed by atoms with van der Waals surface area (Å²) in [5, 5.41) is 14.9. The lowest BCUT2D eigenvalue weighted by atomic mass is 10.2. The lowest BCUT2D eigenvalue weighted by molar-refractivity contribution is 0.0600. The van der Waals surface area contributed by atoms with Crippen LogP contribution in [-0.4, -0.2) is 24.0 Å². The molecule has 138 valence electrons. The van der Waals surface area contributed by atoms with Crippen LogP contribution >= 0.6 is 0 Å². The van der Waals surface area contributed by atoms with Crippen LogP contribution in [0.2, 0.25) is 0 Å². The second-order valence-corrected chi connectivity index (χ2v) is 5.74. The minimum Gasteiger partial charge on any atom is -0.465 e. The number of nitrogens with one attached hydrogen (secondary N) is 2. The molecule has 1 amide bonds. The number of ether oxygens (including phenoxy) is 1. The van der Waals surface area contributed by atoms with E-state index >= 15 is 0 Å². The molecule has 0 saturated heterocycles. The Morgan fingerprint density at radius 1 is 1.04 bits per heavy atom. The predicted molar refractivity (Wildman–Crippen MR) is 104 cm³/mol. The van der Waals surface area contributed by atoms with Crippen molar-refractivity contribution < 1.29 is 14.3 Å². The lowest BCUT2D eigenvalue weighted by Gasteiger charge is -2.09. The number of nitriles is 1. The third-order valence-electron chi connectivity index (χ3n) is 3.86. The third-order valence-corrected chi connectivity index (χ3v) is 3.86. The summed E-state index contributed by atoms with van der Waals surface area (Å²) in [7, 11) is 1.32. The number of benzene rings is 2. The Hall–Kier alpha value is -4.18. The van der Waals surface area contributed by atoms with Crippen LogP contribution in [0.3, 0.4) is 0 Å². The van der Waals surface area contributed by atoms with Crippen molar-refractivity contribution in [3.05, 3.63) is 83.7 Å². The van der Waals surface area contributed by atoms with Crippen LogP contribution in [-0.2, 0) is 4.74 Å². The summed E-state index contributed by atoms with van der Waals surface area (Å²) in [6, 6.07) is 18.9. The summed E-state index contributed by atoms with van der Waals surface area (Å²) in [4.78, 5) is 28.1. The first-order valence-electron chi connectivity index (χ1n) is 8.32. The van der Waals surface area contributed by atoms with E-state index in [0.29, 0.717) is 28.2 Å². The van der Waals surface area contributed by atoms with Gasteiger partial charge >= 0.3 is 5.97 Å². The van der Waals surface area contributed by atoms with Crippen molar-refractivity contribution in [3.63, 3.8) is 0 Å². The van der Waals surface area contributed by atoms with E-state index in [2.05, 4.69) is 15.6 Å². The molecule has 0 saturated carbocycles. The van der Waals surface area contributed by atoms with Gasteiger partial charge < -0.3 is 15.4 Å². The zero-order chi connectivity index (χ0) is 19.9. The molecular weight excluding hydrogens is 356 g/mol. The highest BCUT2D eigenvalue weighted by molar-refractivity contribution is 6.03. The molecule has 0 unspecified atom stereocenters. The molecule has 0 aliphatic heterocycles. The Bertz CT molecular complexity index is 1060. The molecule has 0 atom stereocenters. The molecule has 2 aromatic carbocycles. The third kappa shape index (κ3) is 4.31. The topological polar surface area (TPSA) is 104 Å². The zero-order valence-corrected chi connectivity index (χ0v) is 15.0. The summed E-state index contributed by atoms with van der Waals surface area (Å²) in [6.07, 6.45) is 1.51. The molecule has 1 heterocycles. The average molecular weight is 372 g/mol. The van der Waals surface area contributed by atoms with Crippen molar-refractivity contribution >= 4 is 28.9 Å². The first kappa shape index (κ1) is 18.6. The average Bonchev–Trinajstić information content (AvgIpc) is 2.74. The second kappa shape index (κ2) is 8.47. The molecule has 1 aromatic heterocycles. The molecule has 0 radical (unpaired) electrons. The van der Waals surface area contributed by atoms with Crippen LogP contribution < -0.4 is 10.6 Å². The van der Waals surface area contributed by atoms with E-state index in [1.165, 1.54) is 13.3 Å². The molecule has 0 fully saturated rings. The number of nitrogens with zero attached hydrogens (tertiary/aromatic N) is 2. The normalized spacial score (nSPS) is 9.86. The van der Waals surface area contributed by atoms with Gasteiger partial charge in [0, 0.05) is 5.69 Å². The predicted octanol–water partition coefficient (Wildman–Crippen LogP) is 3.74. The van der Waals surface area contributed by atoms with Crippen molar-refractivity contribution in [2.24, 2.45) is 0 Å². The maximum absolute atomic E-state index is 12.3. The molecular formula is C21H16N4O3. The van der Waals surface area contributed by atoms with E-state index in [-0.39, 0.29) is 5.69 Å². The molecule has 3 rings (SSSR count). The number of hydrogen-bond acceptors (Lipinski definition) is 6. The lowest BCUT2D eigenvalue weighted by Crippen LogP contribution is -2.14. The van der Waals surface area contributed by atoms with Crippen LogP contribution in [0.1, 0.15) is 26.4 Å². The van der Waals surface area contributed by atoms with Crippen LogP contribution in [0.5, 0.6) is 0 Å². The fourth-order valence-corrected chi connectivity index (χ4v) is 2.49. The molecule has 3 aromatic rings. The molecule has 0 bridgehead atoms. The Morgan fingerprint density at radius 2 is 1.86 bits per heavy atom. The summed E-state index contributed by atoms with van der Waals surface area (Å²) in [6.45, 7) is 0. The van der Waals surface area contributed by atoms with Crippen molar-refractivity contribution in [1.29, 1.82) is 5.26 Å². The van der Waals surface area contributed by atoms with Crippen molar-refractivity contribution in [1.82, 2.24) is 4.98 Å². The fraction of sp³-hybridized carbons (Fsp3) is 0.0476. The molecule has 7 heteroatoms. The number of esters is 1. The Balaban J connectivity index is 1.71. The van der Waals surface area contributed by atoms with Gasteiger partial charge in [0.15, 0.2) is 0 Å². The number of carbonyl (C=O) groups is 2. The van der Waals surface area contributed by atoms with E-state index in [1.54, 1.807) is 60.7 Å². The van der Waals surface area contributed by atoms with Gasteiger partial charge in [-0.1, -0.05) is 18.2 Å². The van der Waals surface area contributed by atoms with E-state index in [1.807, 2.05) is 6.07 Å². The van der Waals surface area contributed by atoms with Crippen LogP contribution in [0, 0.1) is 11.3 Å². The van der Waals surface area contributed by atoms with E-state index in [0.717, 1.165) is 0 Å². The Labute approximate surface area is 161 Å². The quantitative estimate of drug-likeness (QED) is 0.661. The molecule has 0 spiro atoms. The van der Waals surface area contributed by atoms with E-state index in [4.69, 9.17) is 10.00 Å². The van der Waals surface area contributed by atoms with Gasteiger partial charge in [0.1, 0.15) is 11.8 Å². The summed E-state index contributed by atoms with van der Waals surface area (Å²) in [5.74, 6) is -0.839. The number of amides is 1. The Morgan fingerprint density at radius 3 is 2.57 bits per heavy atom. The number of aromatic nitrogens is 1. The smallest absolute Gasteiger partial charge is 0.337 e. The van der Waals surface area contributed by atoms with Crippen LogP contribution in [0.25, 0.3) is 0 Å². The van der Waals surface area contributed by atoms with Gasteiger partial charge in [-0.15, -0.1) is 0 Å². The number of carbonyl (C=O) groups excluding carboxylic acids is 2. The molecule has 0 aliphatic carbocycles. The number of pyridine rings is 1. The second-order valence-electron chi connectivity index (χ2n) is 5.74. The minimum absolute atomic E-state index is 0.210. The van der Waals surface area contributed by atoms with Crippen molar-refractivity contribution in [2.75, 3.05) is 17.7 Å². The van der Waals surface area contributed by atoms with Crippen LogP contribution in [0.15, 0.2) is 66.9 Å². The first-order chi connectivity index (χ1) is 13.6. The van der Waals surface area contributed by atoms with Crippen molar-refractivity contribution in [3.8, 4) is 6.07 Å². The van der Waals surface area contributed by atoms with Gasteiger partial charge in [-0.05, 0) is 42.5 Å². The van der Waals surface area contributed by atoms with Gasteiger partial charge in [0.2, 0.25) is 0 Å². The Kier molecular flexibility index (Phi) is 5.63. The number of methoxy groups -OCH3 is 1. The van der Waals surface area contributed by atoms with Gasteiger partial charge in [-0.3, -0.25) is 4.79 Å². The summed E-state index contributed by atoms with van der Waals surface area (Å²) >= 11 is 0. The van der Waals surface area contributed by atoms with Crippen molar-refractivity contribution in [2.45, 2.75) is 0 Å². The SMILES string of the molecule is COC(=O)c1cccc(Nc2ccc(C(=O)Nc3ccccc3C#N)nc2)c1. The van der Waals surface area contributed by atoms with E-state index in [9.17, 15) is 9.59 Å². The van der Waals surface area contributed by atoms with Gasteiger partial charge in [0.25, 0.3) is 5.91 Å². The highest BCUT2D eigenvalue weighted by Gasteiger charge is 2.11. The summed E-state index contributed by atoms with van der Waals surface area (Å²) in [5.41, 5.74) is 2.77. The highest BCUT2D eigenvalue weighted by Crippen LogP contribution is 2.19. The van der Waals surface area contributed by atoms with Crippen LogP contribution in [0.4, 0.5) is 17.1 Å². The molecule has 28 heavy (non-hydrogen) atoms. The first-order valence-corrected chi connectivity index (χ1v) is 8.32. The largest absolute Gasteiger partial charge is 0.465 e. The van der Waals surface area contributed by atoms with Gasteiger partial charge in [0.05, 0.1) is 35.8 Å². The fourth-order valence-electron chi connectivity index (χ4n) is 2.49. The molecule has 0 aliphatic rings. The molecule has 2 N–H and O–H groups in total. The summed E-state index contributed by atoms with van der Waals surface area (Å²) < 4.78 is 4.71. The monoisotopic (exact) mass is 372 g/mol. The maximum Gasteiger partial charge on any atom is 0.337 e. The standard InChI is InChI=1S/C21H16N4O3/c1-28-21(27)14-6-4-7-16(11-14)24-17-9-10-19(23-13-17)20(26)25-18-8-3-2-5-15(18)12-22/h2-11,13,24H,1H3,(H,25,26). The number of hydrogen-bond donors (Lipinski definition) is 2. The maximum atomic E-state index is 12.3. The molecule has 7 nitrogen and oxygen atoms in total.